The van der Waals surface area contributed by atoms with E-state index in [0.29, 0.717) is 0 Å². The van der Waals surface area contributed by atoms with Crippen molar-refractivity contribution in [2.24, 2.45) is 0 Å². The second kappa shape index (κ2) is 7.73. The molecule has 1 aromatic carbocycles. The molecule has 1 aromatic rings. The van der Waals surface area contributed by atoms with Gasteiger partial charge in [0.15, 0.2) is 6.04 Å². The Balaban J connectivity index is 2.89. The van der Waals surface area contributed by atoms with Gasteiger partial charge in [-0.05, 0) is 33.8 Å². The number of alkyl carbamates (subject to hydrolysis) is 1. The van der Waals surface area contributed by atoms with E-state index >= 15 is 0 Å². The molecule has 0 fully saturated rings. The number of aliphatic hydroxyl groups is 1. The molecular formula is C15H20N2O7. The number of carbonyl (C=O) groups is 2. The number of nitrogens with one attached hydrogen (secondary N) is 1. The number of amides is 1. The number of benzene rings is 1. The van der Waals surface area contributed by atoms with Crippen molar-refractivity contribution in [2.45, 2.75) is 45.4 Å². The van der Waals surface area contributed by atoms with Crippen molar-refractivity contribution >= 4 is 17.7 Å². The van der Waals surface area contributed by atoms with E-state index in [0.717, 1.165) is 0 Å². The average molecular weight is 340 g/mol. The minimum Gasteiger partial charge on any atom is -0.444 e. The highest BCUT2D eigenvalue weighted by atomic mass is 16.6. The third-order valence-electron chi connectivity index (χ3n) is 2.68. The van der Waals surface area contributed by atoms with Crippen LogP contribution in [0.5, 0.6) is 5.75 Å². The van der Waals surface area contributed by atoms with Gasteiger partial charge >= 0.3 is 17.7 Å². The zero-order valence-corrected chi connectivity index (χ0v) is 13.8. The fraction of sp³-hybridized carbons (Fsp3) is 0.467. The molecule has 9 heteroatoms. The molecule has 0 aliphatic heterocycles. The lowest BCUT2D eigenvalue weighted by molar-refractivity contribution is -0.385. The molecule has 2 atom stereocenters. The van der Waals surface area contributed by atoms with E-state index in [2.05, 4.69) is 5.32 Å². The first kappa shape index (κ1) is 19.4. The van der Waals surface area contributed by atoms with E-state index in [1.165, 1.54) is 31.2 Å². The molecule has 0 heterocycles. The number of esters is 1. The van der Waals surface area contributed by atoms with E-state index in [-0.39, 0.29) is 5.75 Å². The Bertz CT molecular complexity index is 622. The maximum Gasteiger partial charge on any atom is 0.408 e. The Morgan fingerprint density at radius 3 is 2.38 bits per heavy atom. The second-order valence-corrected chi connectivity index (χ2v) is 6.01. The molecule has 132 valence electrons. The van der Waals surface area contributed by atoms with Gasteiger partial charge in [-0.1, -0.05) is 12.1 Å². The lowest BCUT2D eigenvalue weighted by atomic mass is 10.2. The van der Waals surface area contributed by atoms with E-state index in [1.54, 1.807) is 20.8 Å². The molecule has 2 N–H and O–H groups in total. The SMILES string of the molecule is C[C@H](O)[C@@H](NC(=O)OC(C)(C)C)C(=O)Oc1ccccc1[N+](=O)[O-]. The van der Waals surface area contributed by atoms with Crippen molar-refractivity contribution in [3.8, 4) is 5.75 Å². The first-order chi connectivity index (χ1) is 11.0. The topological polar surface area (TPSA) is 128 Å². The maximum atomic E-state index is 12.2. The molecule has 1 rings (SSSR count). The van der Waals surface area contributed by atoms with Gasteiger partial charge in [0.05, 0.1) is 11.0 Å². The molecule has 0 aromatic heterocycles. The van der Waals surface area contributed by atoms with Crippen LogP contribution in [0.15, 0.2) is 24.3 Å². The molecule has 0 aliphatic carbocycles. The summed E-state index contributed by atoms with van der Waals surface area (Å²) in [6.45, 7) is 6.17. The van der Waals surface area contributed by atoms with Crippen LogP contribution in [0.2, 0.25) is 0 Å². The molecule has 0 spiro atoms. The highest BCUT2D eigenvalue weighted by Gasteiger charge is 2.31. The third kappa shape index (κ3) is 5.84. The summed E-state index contributed by atoms with van der Waals surface area (Å²) in [5.41, 5.74) is -1.21. The number of hydrogen-bond donors (Lipinski definition) is 2. The highest BCUT2D eigenvalue weighted by molar-refractivity contribution is 5.84. The number of para-hydroxylation sites is 2. The average Bonchev–Trinajstić information content (AvgIpc) is 2.42. The molecule has 0 saturated heterocycles. The Hall–Kier alpha value is -2.68. The standard InChI is InChI=1S/C15H20N2O7/c1-9(18)12(16-14(20)24-15(2,3)4)13(19)23-11-8-6-5-7-10(11)17(21)22/h5-9,12,18H,1-4H3,(H,16,20)/t9-,12+/m0/s1. The van der Waals surface area contributed by atoms with Crippen LogP contribution in [0, 0.1) is 10.1 Å². The number of nitrogens with zero attached hydrogens (tertiary/aromatic N) is 1. The van der Waals surface area contributed by atoms with Crippen molar-refractivity contribution in [3.63, 3.8) is 0 Å². The summed E-state index contributed by atoms with van der Waals surface area (Å²) in [4.78, 5) is 34.1. The smallest absolute Gasteiger partial charge is 0.408 e. The molecule has 0 radical (unpaired) electrons. The summed E-state index contributed by atoms with van der Waals surface area (Å²) in [6, 6.07) is 3.83. The zero-order valence-electron chi connectivity index (χ0n) is 13.8. The Morgan fingerprint density at radius 1 is 1.29 bits per heavy atom. The molecule has 0 saturated carbocycles. The largest absolute Gasteiger partial charge is 0.444 e. The predicted molar refractivity (Wildman–Crippen MR) is 83.6 cm³/mol. The van der Waals surface area contributed by atoms with Crippen LogP contribution in [0.4, 0.5) is 10.5 Å². The summed E-state index contributed by atoms with van der Waals surface area (Å²) in [5.74, 6) is -1.34. The van der Waals surface area contributed by atoms with E-state index in [1.807, 2.05) is 0 Å². The van der Waals surface area contributed by atoms with Gasteiger partial charge in [0.1, 0.15) is 5.60 Å². The van der Waals surface area contributed by atoms with Crippen LogP contribution >= 0.6 is 0 Å². The first-order valence-corrected chi connectivity index (χ1v) is 7.14. The molecule has 0 aliphatic rings. The van der Waals surface area contributed by atoms with Gasteiger partial charge < -0.3 is 19.9 Å². The Kier molecular flexibility index (Phi) is 6.24. The predicted octanol–water partition coefficient (Wildman–Crippen LogP) is 1.77. The van der Waals surface area contributed by atoms with Crippen LogP contribution in [-0.2, 0) is 9.53 Å². The van der Waals surface area contributed by atoms with E-state index in [9.17, 15) is 24.8 Å². The number of ether oxygens (including phenoxy) is 2. The van der Waals surface area contributed by atoms with Crippen LogP contribution in [-0.4, -0.2) is 39.8 Å². The van der Waals surface area contributed by atoms with Gasteiger partial charge in [-0.25, -0.2) is 9.59 Å². The quantitative estimate of drug-likeness (QED) is 0.362. The summed E-state index contributed by atoms with van der Waals surface area (Å²) in [5, 5.41) is 22.8. The van der Waals surface area contributed by atoms with Crippen molar-refractivity contribution in [1.29, 1.82) is 0 Å². The second-order valence-electron chi connectivity index (χ2n) is 6.01. The summed E-state index contributed by atoms with van der Waals surface area (Å²) in [6.07, 6.45) is -2.22. The molecule has 0 bridgehead atoms. The number of hydrogen-bond acceptors (Lipinski definition) is 7. The zero-order chi connectivity index (χ0) is 18.5. The molecule has 9 nitrogen and oxygen atoms in total. The highest BCUT2D eigenvalue weighted by Crippen LogP contribution is 2.26. The van der Waals surface area contributed by atoms with Gasteiger partial charge in [0.25, 0.3) is 0 Å². The monoisotopic (exact) mass is 340 g/mol. The van der Waals surface area contributed by atoms with E-state index in [4.69, 9.17) is 9.47 Å². The number of aliphatic hydroxyl groups excluding tert-OH is 1. The van der Waals surface area contributed by atoms with Gasteiger partial charge in [-0.2, -0.15) is 0 Å². The summed E-state index contributed by atoms with van der Waals surface area (Å²) < 4.78 is 9.95. The van der Waals surface area contributed by atoms with E-state index < -0.39 is 40.4 Å². The minimum atomic E-state index is -1.44. The van der Waals surface area contributed by atoms with Gasteiger partial charge in [-0.15, -0.1) is 0 Å². The lowest BCUT2D eigenvalue weighted by Gasteiger charge is -2.24. The number of nitro groups is 1. The fourth-order valence-electron chi connectivity index (χ4n) is 1.68. The van der Waals surface area contributed by atoms with Gasteiger partial charge in [0.2, 0.25) is 5.75 Å². The molecular weight excluding hydrogens is 320 g/mol. The van der Waals surface area contributed by atoms with Crippen molar-refractivity contribution in [3.05, 3.63) is 34.4 Å². The van der Waals surface area contributed by atoms with Crippen LogP contribution in [0.25, 0.3) is 0 Å². The van der Waals surface area contributed by atoms with Crippen LogP contribution in [0.1, 0.15) is 27.7 Å². The van der Waals surface area contributed by atoms with Crippen molar-refractivity contribution in [2.75, 3.05) is 0 Å². The normalized spacial score (nSPS) is 13.5. The van der Waals surface area contributed by atoms with Crippen LogP contribution in [0.3, 0.4) is 0 Å². The molecule has 1 amide bonds. The maximum absolute atomic E-state index is 12.2. The molecule has 0 unspecified atom stereocenters. The first-order valence-electron chi connectivity index (χ1n) is 7.14. The summed E-state index contributed by atoms with van der Waals surface area (Å²) in [7, 11) is 0. The molecule has 24 heavy (non-hydrogen) atoms. The third-order valence-corrected chi connectivity index (χ3v) is 2.68. The number of nitro benzene ring substituents is 1. The van der Waals surface area contributed by atoms with Gasteiger partial charge in [0, 0.05) is 6.07 Å². The van der Waals surface area contributed by atoms with Gasteiger partial charge in [-0.3, -0.25) is 10.1 Å². The lowest BCUT2D eigenvalue weighted by Crippen LogP contribution is -2.50. The van der Waals surface area contributed by atoms with Crippen molar-refractivity contribution in [1.82, 2.24) is 5.32 Å². The number of carbonyl (C=O) groups excluding carboxylic acids is 2. The Labute approximate surface area is 138 Å². The van der Waals surface area contributed by atoms with Crippen molar-refractivity contribution < 1.29 is 29.1 Å². The Morgan fingerprint density at radius 2 is 1.88 bits per heavy atom. The number of rotatable bonds is 5. The van der Waals surface area contributed by atoms with Crippen LogP contribution < -0.4 is 10.1 Å². The minimum absolute atomic E-state index is 0.288. The fourth-order valence-corrected chi connectivity index (χ4v) is 1.68. The summed E-state index contributed by atoms with van der Waals surface area (Å²) >= 11 is 0.